The summed E-state index contributed by atoms with van der Waals surface area (Å²) in [6, 6.07) is 0. The van der Waals surface area contributed by atoms with Gasteiger partial charge in [0.25, 0.3) is 0 Å². The van der Waals surface area contributed by atoms with Gasteiger partial charge in [0.05, 0.1) is 12.2 Å². The van der Waals surface area contributed by atoms with Crippen LogP contribution in [0.1, 0.15) is 181 Å². The molecule has 3 heteroatoms. The van der Waals surface area contributed by atoms with Gasteiger partial charge in [0.1, 0.15) is 0 Å². The van der Waals surface area contributed by atoms with Crippen LogP contribution in [0.3, 0.4) is 0 Å². The molecule has 0 aromatic carbocycles. The standard InChI is InChI=1S/C43H77NO2/c1-5-7-9-11-13-15-17-19-21-23-25-27-29-31-33-35-43(45-41-37-40(39-44(3)4)38-42(41)46-43)36-34-32-30-28-26-24-22-20-18-16-14-12-10-8-6-2/h11-14,17-20,40-42H,5-10,15-16,21-39H2,1-4H3/b13-11-,14-12-,19-17-,20-18-/t40?,41-,42+. The molecular weight excluding hydrogens is 562 g/mol. The fraction of sp³-hybridized carbons (Fsp3) is 0.814. The molecule has 2 aliphatic rings. The van der Waals surface area contributed by atoms with Crippen LogP contribution in [-0.4, -0.2) is 43.5 Å². The first-order valence-corrected chi connectivity index (χ1v) is 20.2. The van der Waals surface area contributed by atoms with Crippen molar-refractivity contribution in [3.05, 3.63) is 48.6 Å². The lowest BCUT2D eigenvalue weighted by Crippen LogP contribution is -2.33. The van der Waals surface area contributed by atoms with Crippen molar-refractivity contribution in [1.29, 1.82) is 0 Å². The second-order valence-electron chi connectivity index (χ2n) is 14.8. The number of hydrogen-bond acceptors (Lipinski definition) is 3. The molecule has 0 aromatic rings. The van der Waals surface area contributed by atoms with Crippen LogP contribution in [0, 0.1) is 5.92 Å². The van der Waals surface area contributed by atoms with Gasteiger partial charge in [-0.3, -0.25) is 0 Å². The molecule has 3 nitrogen and oxygen atoms in total. The maximum Gasteiger partial charge on any atom is 0.169 e. The number of rotatable bonds is 30. The van der Waals surface area contributed by atoms with Crippen LogP contribution in [0.4, 0.5) is 0 Å². The molecule has 2 rings (SSSR count). The van der Waals surface area contributed by atoms with Gasteiger partial charge in [-0.25, -0.2) is 0 Å². The molecule has 1 aliphatic carbocycles. The van der Waals surface area contributed by atoms with Crippen LogP contribution in [0.2, 0.25) is 0 Å². The minimum Gasteiger partial charge on any atom is -0.344 e. The molecule has 0 bridgehead atoms. The highest BCUT2D eigenvalue weighted by molar-refractivity contribution is 4.95. The van der Waals surface area contributed by atoms with Crippen LogP contribution in [0.15, 0.2) is 48.6 Å². The topological polar surface area (TPSA) is 21.7 Å². The minimum atomic E-state index is -0.302. The van der Waals surface area contributed by atoms with Gasteiger partial charge in [-0.15, -0.1) is 0 Å². The number of fused-ring (bicyclic) bond motifs is 1. The van der Waals surface area contributed by atoms with Crippen molar-refractivity contribution in [3.8, 4) is 0 Å². The van der Waals surface area contributed by atoms with Gasteiger partial charge in [0.15, 0.2) is 5.79 Å². The minimum absolute atomic E-state index is 0.302. The first kappa shape index (κ1) is 41.0. The van der Waals surface area contributed by atoms with E-state index in [1.165, 1.54) is 141 Å². The zero-order valence-electron chi connectivity index (χ0n) is 31.2. The van der Waals surface area contributed by atoms with E-state index in [9.17, 15) is 0 Å². The normalized spacial score (nSPS) is 21.4. The van der Waals surface area contributed by atoms with Gasteiger partial charge in [0, 0.05) is 19.4 Å². The molecular formula is C43H77NO2. The van der Waals surface area contributed by atoms with Crippen LogP contribution in [0.25, 0.3) is 0 Å². The molecule has 1 saturated heterocycles. The van der Waals surface area contributed by atoms with E-state index in [1.807, 2.05) is 0 Å². The van der Waals surface area contributed by atoms with Crippen molar-refractivity contribution in [2.45, 2.75) is 199 Å². The van der Waals surface area contributed by atoms with E-state index in [0.717, 1.165) is 38.1 Å². The Labute approximate surface area is 287 Å². The predicted octanol–water partition coefficient (Wildman–Crippen LogP) is 13.1. The third-order valence-electron chi connectivity index (χ3n) is 9.92. The Morgan fingerprint density at radius 2 is 0.870 bits per heavy atom. The van der Waals surface area contributed by atoms with Crippen molar-refractivity contribution < 1.29 is 9.47 Å². The molecule has 1 unspecified atom stereocenters. The summed E-state index contributed by atoms with van der Waals surface area (Å²) in [4.78, 5) is 2.32. The van der Waals surface area contributed by atoms with E-state index in [0.29, 0.717) is 12.2 Å². The maximum atomic E-state index is 6.86. The van der Waals surface area contributed by atoms with E-state index in [4.69, 9.17) is 9.47 Å². The van der Waals surface area contributed by atoms with Crippen molar-refractivity contribution in [2.75, 3.05) is 20.6 Å². The summed E-state index contributed by atoms with van der Waals surface area (Å²) in [7, 11) is 4.38. The molecule has 266 valence electrons. The zero-order valence-corrected chi connectivity index (χ0v) is 31.2. The summed E-state index contributed by atoms with van der Waals surface area (Å²) >= 11 is 0. The van der Waals surface area contributed by atoms with Crippen molar-refractivity contribution in [1.82, 2.24) is 4.90 Å². The Bertz CT molecular complexity index is 750. The molecule has 1 saturated carbocycles. The second-order valence-corrected chi connectivity index (χ2v) is 14.8. The number of ether oxygens (including phenoxy) is 2. The molecule has 3 atom stereocenters. The van der Waals surface area contributed by atoms with Crippen LogP contribution >= 0.6 is 0 Å². The third-order valence-corrected chi connectivity index (χ3v) is 9.92. The highest BCUT2D eigenvalue weighted by atomic mass is 16.8. The third kappa shape index (κ3) is 20.3. The second kappa shape index (κ2) is 27.8. The van der Waals surface area contributed by atoms with Crippen molar-refractivity contribution in [2.24, 2.45) is 5.92 Å². The molecule has 0 radical (unpaired) electrons. The fourth-order valence-electron chi connectivity index (χ4n) is 7.30. The van der Waals surface area contributed by atoms with Gasteiger partial charge in [0.2, 0.25) is 0 Å². The smallest absolute Gasteiger partial charge is 0.169 e. The largest absolute Gasteiger partial charge is 0.344 e. The van der Waals surface area contributed by atoms with Gasteiger partial charge in [-0.05, 0) is 97.1 Å². The lowest BCUT2D eigenvalue weighted by Gasteiger charge is -2.30. The Kier molecular flexibility index (Phi) is 24.7. The molecule has 0 amide bonds. The first-order valence-electron chi connectivity index (χ1n) is 20.2. The monoisotopic (exact) mass is 640 g/mol. The Hall–Kier alpha value is -1.16. The summed E-state index contributed by atoms with van der Waals surface area (Å²) in [5, 5.41) is 0. The Morgan fingerprint density at radius 3 is 1.26 bits per heavy atom. The number of unbranched alkanes of at least 4 members (excludes halogenated alkanes) is 16. The van der Waals surface area contributed by atoms with Gasteiger partial charge < -0.3 is 14.4 Å². The summed E-state index contributed by atoms with van der Waals surface area (Å²) in [6.45, 7) is 5.67. The highest BCUT2D eigenvalue weighted by Gasteiger charge is 2.50. The highest BCUT2D eigenvalue weighted by Crippen LogP contribution is 2.45. The maximum absolute atomic E-state index is 6.86. The van der Waals surface area contributed by atoms with E-state index >= 15 is 0 Å². The zero-order chi connectivity index (χ0) is 33.0. The molecule has 2 fully saturated rings. The average Bonchev–Trinajstić information content (AvgIpc) is 3.55. The fourth-order valence-corrected chi connectivity index (χ4v) is 7.30. The van der Waals surface area contributed by atoms with E-state index in [2.05, 4.69) is 81.5 Å². The number of allylic oxidation sites excluding steroid dienone is 8. The summed E-state index contributed by atoms with van der Waals surface area (Å²) in [5.74, 6) is 0.418. The summed E-state index contributed by atoms with van der Waals surface area (Å²) < 4.78 is 13.7. The average molecular weight is 640 g/mol. The van der Waals surface area contributed by atoms with Crippen LogP contribution in [0.5, 0.6) is 0 Å². The number of nitrogens with zero attached hydrogens (tertiary/aromatic N) is 1. The van der Waals surface area contributed by atoms with E-state index in [-0.39, 0.29) is 5.79 Å². The molecule has 0 spiro atoms. The Balaban J connectivity index is 1.59. The number of hydrogen-bond donors (Lipinski definition) is 0. The van der Waals surface area contributed by atoms with Gasteiger partial charge in [-0.2, -0.15) is 0 Å². The van der Waals surface area contributed by atoms with Crippen LogP contribution in [-0.2, 0) is 9.47 Å². The first-order chi connectivity index (χ1) is 22.6. The SMILES string of the molecule is CCCC/C=C\C/C=C\CCCCCCCCC1(CCCCCCCC/C=C\C/C=C\CCCC)O[C@H]2CC(CN(C)C)C[C@H]2O1. The Morgan fingerprint density at radius 1 is 0.500 bits per heavy atom. The summed E-state index contributed by atoms with van der Waals surface area (Å²) in [5.41, 5.74) is 0. The quantitative estimate of drug-likeness (QED) is 0.0576. The molecule has 1 heterocycles. The molecule has 46 heavy (non-hydrogen) atoms. The lowest BCUT2D eigenvalue weighted by atomic mass is 9.98. The lowest BCUT2D eigenvalue weighted by molar-refractivity contribution is -0.193. The van der Waals surface area contributed by atoms with E-state index in [1.54, 1.807) is 0 Å². The van der Waals surface area contributed by atoms with E-state index < -0.39 is 0 Å². The molecule has 1 aliphatic heterocycles. The summed E-state index contributed by atoms with van der Waals surface area (Å²) in [6.07, 6.45) is 52.2. The van der Waals surface area contributed by atoms with Gasteiger partial charge in [-0.1, -0.05) is 140 Å². The van der Waals surface area contributed by atoms with Gasteiger partial charge >= 0.3 is 0 Å². The van der Waals surface area contributed by atoms with Crippen molar-refractivity contribution >= 4 is 0 Å². The molecule has 0 aromatic heterocycles. The predicted molar refractivity (Wildman–Crippen MR) is 202 cm³/mol. The van der Waals surface area contributed by atoms with Crippen molar-refractivity contribution in [3.63, 3.8) is 0 Å². The van der Waals surface area contributed by atoms with Crippen LogP contribution < -0.4 is 0 Å². The molecule has 0 N–H and O–H groups in total.